The molecule has 0 atom stereocenters. The molecule has 0 radical (unpaired) electrons. The first kappa shape index (κ1) is 8.69. The molecular weight excluding hydrogens is 166 g/mol. The van der Waals surface area contributed by atoms with Crippen molar-refractivity contribution in [1.29, 1.82) is 0 Å². The second-order valence-corrected chi connectivity index (χ2v) is 4.10. The Labute approximate surface area is 77.5 Å². The zero-order chi connectivity index (χ0) is 9.47. The summed E-state index contributed by atoms with van der Waals surface area (Å²) in [6.45, 7) is 4.72. The van der Waals surface area contributed by atoms with Crippen molar-refractivity contribution in [2.75, 3.05) is 6.54 Å². The maximum atomic E-state index is 5.66. The van der Waals surface area contributed by atoms with Crippen molar-refractivity contribution < 1.29 is 4.52 Å². The molecule has 1 saturated carbocycles. The highest BCUT2D eigenvalue weighted by molar-refractivity contribution is 5.16. The van der Waals surface area contributed by atoms with Crippen molar-refractivity contribution in [3.05, 3.63) is 11.7 Å². The van der Waals surface area contributed by atoms with Crippen molar-refractivity contribution in [2.24, 2.45) is 5.73 Å². The minimum absolute atomic E-state index is 0.0279. The predicted molar refractivity (Wildman–Crippen MR) is 48.4 cm³/mol. The van der Waals surface area contributed by atoms with Gasteiger partial charge in [-0.2, -0.15) is 4.98 Å². The van der Waals surface area contributed by atoms with Crippen LogP contribution in [0, 0.1) is 0 Å². The lowest BCUT2D eigenvalue weighted by atomic mass is 10.1. The van der Waals surface area contributed by atoms with Crippen LogP contribution in [0.5, 0.6) is 0 Å². The SMILES string of the molecule is CC(C)c1noc(C2(CN)CC2)n1. The van der Waals surface area contributed by atoms with Crippen molar-refractivity contribution in [2.45, 2.75) is 38.0 Å². The Balaban J connectivity index is 2.23. The fourth-order valence-corrected chi connectivity index (χ4v) is 1.34. The van der Waals surface area contributed by atoms with Gasteiger partial charge in [-0.1, -0.05) is 19.0 Å². The van der Waals surface area contributed by atoms with E-state index < -0.39 is 0 Å². The maximum Gasteiger partial charge on any atom is 0.234 e. The highest BCUT2D eigenvalue weighted by atomic mass is 16.5. The molecule has 4 nitrogen and oxygen atoms in total. The van der Waals surface area contributed by atoms with Crippen LogP contribution in [0.1, 0.15) is 44.3 Å². The fraction of sp³-hybridized carbons (Fsp3) is 0.778. The van der Waals surface area contributed by atoms with Gasteiger partial charge in [0.25, 0.3) is 0 Å². The summed E-state index contributed by atoms with van der Waals surface area (Å²) >= 11 is 0. The van der Waals surface area contributed by atoms with E-state index in [1.807, 2.05) is 0 Å². The summed E-state index contributed by atoms with van der Waals surface area (Å²) in [4.78, 5) is 4.36. The second kappa shape index (κ2) is 2.80. The first-order chi connectivity index (χ1) is 6.18. The summed E-state index contributed by atoms with van der Waals surface area (Å²) < 4.78 is 5.20. The van der Waals surface area contributed by atoms with E-state index in [4.69, 9.17) is 10.3 Å². The normalized spacial score (nSPS) is 19.4. The van der Waals surface area contributed by atoms with Gasteiger partial charge >= 0.3 is 0 Å². The molecule has 1 aliphatic carbocycles. The van der Waals surface area contributed by atoms with Crippen molar-refractivity contribution in [1.82, 2.24) is 10.1 Å². The first-order valence-electron chi connectivity index (χ1n) is 4.72. The Morgan fingerprint density at radius 2 is 2.23 bits per heavy atom. The molecule has 72 valence electrons. The van der Waals surface area contributed by atoms with Gasteiger partial charge in [-0.15, -0.1) is 0 Å². The van der Waals surface area contributed by atoms with Crippen LogP contribution in [0.15, 0.2) is 4.52 Å². The molecule has 4 heteroatoms. The molecule has 13 heavy (non-hydrogen) atoms. The molecule has 2 rings (SSSR count). The molecule has 1 fully saturated rings. The van der Waals surface area contributed by atoms with Gasteiger partial charge in [0, 0.05) is 12.5 Å². The number of aromatic nitrogens is 2. The smallest absolute Gasteiger partial charge is 0.234 e. The summed E-state index contributed by atoms with van der Waals surface area (Å²) in [5, 5.41) is 3.93. The molecule has 1 heterocycles. The lowest BCUT2D eigenvalue weighted by molar-refractivity contribution is 0.342. The zero-order valence-corrected chi connectivity index (χ0v) is 8.08. The van der Waals surface area contributed by atoms with Crippen LogP contribution in [0.4, 0.5) is 0 Å². The van der Waals surface area contributed by atoms with E-state index in [1.165, 1.54) is 0 Å². The van der Waals surface area contributed by atoms with Gasteiger partial charge in [-0.05, 0) is 12.8 Å². The third kappa shape index (κ3) is 1.35. The zero-order valence-electron chi connectivity index (χ0n) is 8.08. The number of hydrogen-bond donors (Lipinski definition) is 1. The second-order valence-electron chi connectivity index (χ2n) is 4.10. The van der Waals surface area contributed by atoms with Gasteiger partial charge in [0.2, 0.25) is 5.89 Å². The molecule has 0 aromatic carbocycles. The van der Waals surface area contributed by atoms with Crippen LogP contribution in [-0.4, -0.2) is 16.7 Å². The standard InChI is InChI=1S/C9H15N3O/c1-6(2)7-11-8(13-12-7)9(5-10)3-4-9/h6H,3-5,10H2,1-2H3. The molecule has 2 N–H and O–H groups in total. The Hall–Kier alpha value is -0.900. The highest BCUT2D eigenvalue weighted by Gasteiger charge is 2.48. The first-order valence-corrected chi connectivity index (χ1v) is 4.72. The van der Waals surface area contributed by atoms with Gasteiger partial charge in [-0.3, -0.25) is 0 Å². The molecule has 1 aliphatic rings. The maximum absolute atomic E-state index is 5.66. The molecule has 1 aromatic rings. The van der Waals surface area contributed by atoms with Gasteiger partial charge < -0.3 is 10.3 Å². The lowest BCUT2D eigenvalue weighted by Crippen LogP contribution is -2.20. The van der Waals surface area contributed by atoms with E-state index in [-0.39, 0.29) is 5.41 Å². The Morgan fingerprint density at radius 1 is 1.54 bits per heavy atom. The van der Waals surface area contributed by atoms with E-state index >= 15 is 0 Å². The summed E-state index contributed by atoms with van der Waals surface area (Å²) in [5.74, 6) is 1.85. The van der Waals surface area contributed by atoms with Crippen LogP contribution >= 0.6 is 0 Å². The minimum atomic E-state index is 0.0279. The summed E-state index contributed by atoms with van der Waals surface area (Å²) in [5.41, 5.74) is 5.69. The number of hydrogen-bond acceptors (Lipinski definition) is 4. The average Bonchev–Trinajstić information content (AvgIpc) is 2.75. The summed E-state index contributed by atoms with van der Waals surface area (Å²) in [7, 11) is 0. The monoisotopic (exact) mass is 181 g/mol. The molecule has 0 bridgehead atoms. The number of nitrogens with two attached hydrogens (primary N) is 1. The minimum Gasteiger partial charge on any atom is -0.339 e. The molecule has 0 saturated heterocycles. The van der Waals surface area contributed by atoms with E-state index in [0.29, 0.717) is 12.5 Å². The molecule has 1 aromatic heterocycles. The largest absolute Gasteiger partial charge is 0.339 e. The third-order valence-corrected chi connectivity index (χ3v) is 2.66. The summed E-state index contributed by atoms with van der Waals surface area (Å²) in [6, 6.07) is 0. The van der Waals surface area contributed by atoms with E-state index in [0.717, 1.165) is 24.6 Å². The van der Waals surface area contributed by atoms with Crippen LogP contribution in [0.3, 0.4) is 0 Å². The molecule has 0 amide bonds. The number of nitrogens with zero attached hydrogens (tertiary/aromatic N) is 2. The van der Waals surface area contributed by atoms with Crippen molar-refractivity contribution in [3.63, 3.8) is 0 Å². The molecular formula is C9H15N3O. The van der Waals surface area contributed by atoms with Crippen LogP contribution in [0.2, 0.25) is 0 Å². The molecule has 0 aliphatic heterocycles. The number of rotatable bonds is 3. The predicted octanol–water partition coefficient (Wildman–Crippen LogP) is 1.18. The van der Waals surface area contributed by atoms with Crippen molar-refractivity contribution >= 4 is 0 Å². The Morgan fingerprint density at radius 3 is 2.62 bits per heavy atom. The van der Waals surface area contributed by atoms with E-state index in [1.54, 1.807) is 0 Å². The van der Waals surface area contributed by atoms with E-state index in [2.05, 4.69) is 24.0 Å². The van der Waals surface area contributed by atoms with Crippen LogP contribution in [0.25, 0.3) is 0 Å². The third-order valence-electron chi connectivity index (χ3n) is 2.66. The van der Waals surface area contributed by atoms with Gasteiger partial charge in [-0.25, -0.2) is 0 Å². The Bertz CT molecular complexity index is 302. The van der Waals surface area contributed by atoms with E-state index in [9.17, 15) is 0 Å². The van der Waals surface area contributed by atoms with Crippen LogP contribution < -0.4 is 5.73 Å². The van der Waals surface area contributed by atoms with Crippen molar-refractivity contribution in [3.8, 4) is 0 Å². The molecule has 0 spiro atoms. The molecule has 0 unspecified atom stereocenters. The van der Waals surface area contributed by atoms with Crippen LogP contribution in [-0.2, 0) is 5.41 Å². The Kier molecular flexibility index (Phi) is 1.87. The quantitative estimate of drug-likeness (QED) is 0.760. The van der Waals surface area contributed by atoms with Gasteiger partial charge in [0.05, 0.1) is 5.41 Å². The fourth-order valence-electron chi connectivity index (χ4n) is 1.34. The average molecular weight is 181 g/mol. The highest BCUT2D eigenvalue weighted by Crippen LogP contribution is 2.46. The van der Waals surface area contributed by atoms with Gasteiger partial charge in [0.1, 0.15) is 0 Å². The topological polar surface area (TPSA) is 64.9 Å². The van der Waals surface area contributed by atoms with Gasteiger partial charge in [0.15, 0.2) is 5.82 Å². The summed E-state index contributed by atoms with van der Waals surface area (Å²) in [6.07, 6.45) is 2.17. The lowest BCUT2D eigenvalue weighted by Gasteiger charge is -2.03.